The molecule has 7 nitrogen and oxygen atoms in total. The van der Waals surface area contributed by atoms with E-state index in [0.29, 0.717) is 18.2 Å². The zero-order valence-corrected chi connectivity index (χ0v) is 13.8. The third-order valence-electron chi connectivity index (χ3n) is 3.05. The predicted octanol–water partition coefficient (Wildman–Crippen LogP) is 2.34. The number of rotatable bonds is 6. The quantitative estimate of drug-likeness (QED) is 0.630. The summed E-state index contributed by atoms with van der Waals surface area (Å²) in [5.41, 5.74) is 4.41. The number of anilines is 1. The summed E-state index contributed by atoms with van der Waals surface area (Å²) < 4.78 is 5.64. The van der Waals surface area contributed by atoms with Crippen LogP contribution in [-0.2, 0) is 0 Å². The average molecular weight is 315 g/mol. The highest BCUT2D eigenvalue weighted by Crippen LogP contribution is 2.14. The second-order valence-electron chi connectivity index (χ2n) is 5.63. The summed E-state index contributed by atoms with van der Waals surface area (Å²) >= 11 is 0. The van der Waals surface area contributed by atoms with Gasteiger partial charge in [0.25, 0.3) is 5.56 Å². The summed E-state index contributed by atoms with van der Waals surface area (Å²) in [6.45, 7) is 8.35. The van der Waals surface area contributed by atoms with Crippen LogP contribution in [0.1, 0.15) is 32.0 Å². The molecule has 0 saturated heterocycles. The molecule has 1 aromatic carbocycles. The van der Waals surface area contributed by atoms with Gasteiger partial charge in [0.1, 0.15) is 11.4 Å². The van der Waals surface area contributed by atoms with Crippen molar-refractivity contribution in [1.29, 1.82) is 0 Å². The van der Waals surface area contributed by atoms with E-state index in [4.69, 9.17) is 4.74 Å². The van der Waals surface area contributed by atoms with Crippen LogP contribution in [0.3, 0.4) is 0 Å². The van der Waals surface area contributed by atoms with Crippen molar-refractivity contribution in [3.8, 4) is 5.75 Å². The highest BCUT2D eigenvalue weighted by atomic mass is 16.5. The summed E-state index contributed by atoms with van der Waals surface area (Å²) in [6.07, 6.45) is 0. The zero-order chi connectivity index (χ0) is 16.8. The maximum atomic E-state index is 11.4. The second kappa shape index (κ2) is 7.53. The lowest BCUT2D eigenvalue weighted by molar-refractivity contribution is 0.271. The first kappa shape index (κ1) is 16.7. The van der Waals surface area contributed by atoms with Crippen LogP contribution in [0.4, 0.5) is 5.95 Å². The molecule has 0 aliphatic carbocycles. The van der Waals surface area contributed by atoms with Crippen LogP contribution in [0.2, 0.25) is 0 Å². The molecule has 2 N–H and O–H groups in total. The van der Waals surface area contributed by atoms with Crippen molar-refractivity contribution < 1.29 is 4.74 Å². The molecule has 0 spiro atoms. The van der Waals surface area contributed by atoms with Gasteiger partial charge in [-0.3, -0.25) is 9.78 Å². The van der Waals surface area contributed by atoms with Gasteiger partial charge in [-0.15, -0.1) is 10.2 Å². The van der Waals surface area contributed by atoms with Crippen molar-refractivity contribution in [3.63, 3.8) is 0 Å². The van der Waals surface area contributed by atoms with Crippen molar-refractivity contribution in [2.45, 2.75) is 27.7 Å². The maximum Gasteiger partial charge on any atom is 0.274 e. The summed E-state index contributed by atoms with van der Waals surface area (Å²) in [4.78, 5) is 14.0. The largest absolute Gasteiger partial charge is 0.493 e. The van der Waals surface area contributed by atoms with E-state index in [1.54, 1.807) is 6.92 Å². The first-order valence-electron chi connectivity index (χ1n) is 7.43. The topological polar surface area (TPSA) is 92.3 Å². The minimum absolute atomic E-state index is 0.205. The van der Waals surface area contributed by atoms with Gasteiger partial charge in [0, 0.05) is 0 Å². The van der Waals surface area contributed by atoms with E-state index >= 15 is 0 Å². The first-order chi connectivity index (χ1) is 11.0. The molecule has 0 amide bonds. The summed E-state index contributed by atoms with van der Waals surface area (Å²) in [5, 5.41) is 11.7. The van der Waals surface area contributed by atoms with Gasteiger partial charge >= 0.3 is 0 Å². The molecule has 7 heteroatoms. The van der Waals surface area contributed by atoms with Gasteiger partial charge < -0.3 is 4.74 Å². The van der Waals surface area contributed by atoms with E-state index in [-0.39, 0.29) is 11.5 Å². The fraction of sp³-hybridized carbons (Fsp3) is 0.375. The average Bonchev–Trinajstić information content (AvgIpc) is 2.54. The number of aromatic nitrogens is 3. The third kappa shape index (κ3) is 4.91. The molecule has 23 heavy (non-hydrogen) atoms. The molecular formula is C16H21N5O2. The lowest BCUT2D eigenvalue weighted by Gasteiger charge is -2.09. The molecule has 1 aromatic heterocycles. The number of nitrogens with zero attached hydrogens (tertiary/aromatic N) is 3. The number of hydrazone groups is 1. The molecule has 2 aromatic rings. The lowest BCUT2D eigenvalue weighted by Crippen LogP contribution is -2.16. The third-order valence-corrected chi connectivity index (χ3v) is 3.05. The number of ether oxygens (including phenoxy) is 1. The first-order valence-corrected chi connectivity index (χ1v) is 7.43. The Morgan fingerprint density at radius 2 is 2.00 bits per heavy atom. The SMILES string of the molecule is C/C(=N/Nc1nnc(C)c(=O)[nH]1)c1ccc(OCC(C)C)cc1. The molecule has 0 bridgehead atoms. The van der Waals surface area contributed by atoms with Crippen molar-refractivity contribution in [2.24, 2.45) is 11.0 Å². The highest BCUT2D eigenvalue weighted by Gasteiger charge is 2.02. The van der Waals surface area contributed by atoms with Crippen LogP contribution in [0.15, 0.2) is 34.2 Å². The van der Waals surface area contributed by atoms with Crippen LogP contribution in [-0.4, -0.2) is 27.5 Å². The Labute approximate surface area is 134 Å². The monoisotopic (exact) mass is 315 g/mol. The van der Waals surface area contributed by atoms with Gasteiger partial charge in [-0.1, -0.05) is 13.8 Å². The number of aryl methyl sites for hydroxylation is 1. The molecule has 122 valence electrons. The van der Waals surface area contributed by atoms with Crippen molar-refractivity contribution in [3.05, 3.63) is 45.9 Å². The lowest BCUT2D eigenvalue weighted by atomic mass is 10.1. The Kier molecular flexibility index (Phi) is 5.46. The van der Waals surface area contributed by atoms with Gasteiger partial charge in [0.15, 0.2) is 0 Å². The van der Waals surface area contributed by atoms with Gasteiger partial charge in [-0.05, 0) is 49.6 Å². The number of nitrogens with one attached hydrogen (secondary N) is 2. The van der Waals surface area contributed by atoms with Gasteiger partial charge in [0.05, 0.1) is 12.3 Å². The van der Waals surface area contributed by atoms with Gasteiger partial charge in [0.2, 0.25) is 5.95 Å². The Balaban J connectivity index is 2.02. The highest BCUT2D eigenvalue weighted by molar-refractivity contribution is 5.99. The molecule has 1 heterocycles. The molecule has 0 aliphatic rings. The smallest absolute Gasteiger partial charge is 0.274 e. The fourth-order valence-electron chi connectivity index (χ4n) is 1.70. The minimum atomic E-state index is -0.290. The summed E-state index contributed by atoms with van der Waals surface area (Å²) in [6, 6.07) is 7.67. The normalized spacial score (nSPS) is 11.6. The summed E-state index contributed by atoms with van der Waals surface area (Å²) in [5.74, 6) is 1.52. The number of H-pyrrole nitrogens is 1. The fourth-order valence-corrected chi connectivity index (χ4v) is 1.70. The van der Waals surface area contributed by atoms with E-state index in [2.05, 4.69) is 39.6 Å². The van der Waals surface area contributed by atoms with Crippen molar-refractivity contribution >= 4 is 11.7 Å². The van der Waals surface area contributed by atoms with Gasteiger partial charge in [-0.2, -0.15) is 5.10 Å². The van der Waals surface area contributed by atoms with Crippen molar-refractivity contribution in [1.82, 2.24) is 15.2 Å². The molecular weight excluding hydrogens is 294 g/mol. The second-order valence-corrected chi connectivity index (χ2v) is 5.63. The van der Waals surface area contributed by atoms with E-state index in [9.17, 15) is 4.79 Å². The molecule has 0 saturated carbocycles. The molecule has 0 fully saturated rings. The van der Waals surface area contributed by atoms with Crippen molar-refractivity contribution in [2.75, 3.05) is 12.0 Å². The van der Waals surface area contributed by atoms with E-state index < -0.39 is 0 Å². The number of hydrogen-bond donors (Lipinski definition) is 2. The van der Waals surface area contributed by atoms with Gasteiger partial charge in [-0.25, -0.2) is 5.43 Å². The zero-order valence-electron chi connectivity index (χ0n) is 13.8. The molecule has 0 unspecified atom stereocenters. The Hall–Kier alpha value is -2.70. The Morgan fingerprint density at radius 3 is 2.61 bits per heavy atom. The van der Waals surface area contributed by atoms with E-state index in [1.165, 1.54) is 0 Å². The van der Waals surface area contributed by atoms with E-state index in [1.807, 2.05) is 31.2 Å². The minimum Gasteiger partial charge on any atom is -0.493 e. The molecule has 2 rings (SSSR count). The summed E-state index contributed by atoms with van der Waals surface area (Å²) in [7, 11) is 0. The molecule has 0 atom stereocenters. The maximum absolute atomic E-state index is 11.4. The van der Waals surface area contributed by atoms with Crippen LogP contribution in [0.5, 0.6) is 5.75 Å². The van der Waals surface area contributed by atoms with E-state index in [0.717, 1.165) is 17.0 Å². The molecule has 0 aliphatic heterocycles. The predicted molar refractivity (Wildman–Crippen MR) is 90.0 cm³/mol. The Morgan fingerprint density at radius 1 is 1.30 bits per heavy atom. The van der Waals surface area contributed by atoms with Crippen LogP contribution >= 0.6 is 0 Å². The molecule has 0 radical (unpaired) electrons. The Bertz CT molecular complexity index is 735. The number of aromatic amines is 1. The number of hydrogen-bond acceptors (Lipinski definition) is 6. The van der Waals surface area contributed by atoms with Crippen LogP contribution in [0.25, 0.3) is 0 Å². The standard InChI is InChI=1S/C16H21N5O2/c1-10(2)9-23-14-7-5-13(6-8-14)11(3)18-20-16-17-15(22)12(4)19-21-16/h5-8,10H,9H2,1-4H3,(H2,17,20,21,22)/b18-11-. The van der Waals surface area contributed by atoms with Crippen LogP contribution < -0.4 is 15.7 Å². The number of benzene rings is 1. The van der Waals surface area contributed by atoms with Crippen LogP contribution in [0, 0.1) is 12.8 Å².